The molecule has 0 bridgehead atoms. The van der Waals surface area contributed by atoms with E-state index in [1.54, 1.807) is 18.2 Å². The lowest BCUT2D eigenvalue weighted by Gasteiger charge is -2.33. The maximum atomic E-state index is 13.0. The van der Waals surface area contributed by atoms with E-state index in [1.807, 2.05) is 32.9 Å². The average molecular weight is 451 g/mol. The van der Waals surface area contributed by atoms with Crippen LogP contribution in [-0.2, 0) is 4.79 Å². The maximum Gasteiger partial charge on any atom is 0.277 e. The molecule has 1 aromatic rings. The number of carbonyl (C=O) groups is 2. The molecule has 1 aliphatic heterocycles. The van der Waals surface area contributed by atoms with Crippen molar-refractivity contribution >= 4 is 17.5 Å². The van der Waals surface area contributed by atoms with Crippen molar-refractivity contribution in [3.05, 3.63) is 52.8 Å². The number of benzene rings is 1. The number of carbonyl (C=O) groups excluding carboxylic acids is 2. The fraction of sp³-hybridized carbons (Fsp3) is 0.423. The summed E-state index contributed by atoms with van der Waals surface area (Å²) >= 11 is 0. The van der Waals surface area contributed by atoms with E-state index in [9.17, 15) is 9.59 Å². The summed E-state index contributed by atoms with van der Waals surface area (Å²) in [6.45, 7) is 6.90. The molecule has 7 nitrogen and oxygen atoms in total. The molecule has 1 heterocycles. The number of hydrogen-bond donors (Lipinski definition) is 1. The third kappa shape index (κ3) is 4.72. The molecule has 1 N–H and O–H groups in total. The zero-order valence-electron chi connectivity index (χ0n) is 19.4. The molecule has 0 spiro atoms. The van der Waals surface area contributed by atoms with Crippen LogP contribution < -0.4 is 19.5 Å². The SMILES string of the molecule is CCOc1cc(C(=O)N=C2C=CC3C(=C2)NC(=O)C2=C3CCCC2)cc(OCC)c1OCC. The minimum Gasteiger partial charge on any atom is -0.490 e. The van der Waals surface area contributed by atoms with Crippen molar-refractivity contribution in [3.8, 4) is 17.2 Å². The lowest BCUT2D eigenvalue weighted by molar-refractivity contribution is -0.117. The number of nitrogens with zero attached hydrogens (tertiary/aromatic N) is 1. The first kappa shape index (κ1) is 22.8. The van der Waals surface area contributed by atoms with Crippen molar-refractivity contribution in [1.29, 1.82) is 0 Å². The van der Waals surface area contributed by atoms with Gasteiger partial charge in [0.15, 0.2) is 11.5 Å². The van der Waals surface area contributed by atoms with Crippen molar-refractivity contribution in [2.45, 2.75) is 46.5 Å². The number of fused-ring (bicyclic) bond motifs is 2. The molecule has 1 unspecified atom stereocenters. The molecule has 0 radical (unpaired) electrons. The van der Waals surface area contributed by atoms with Crippen molar-refractivity contribution in [2.24, 2.45) is 10.9 Å². The van der Waals surface area contributed by atoms with Crippen molar-refractivity contribution in [1.82, 2.24) is 5.32 Å². The highest BCUT2D eigenvalue weighted by molar-refractivity contribution is 6.14. The van der Waals surface area contributed by atoms with Crippen molar-refractivity contribution in [2.75, 3.05) is 19.8 Å². The van der Waals surface area contributed by atoms with Crippen LogP contribution in [0.4, 0.5) is 0 Å². The van der Waals surface area contributed by atoms with E-state index in [-0.39, 0.29) is 11.8 Å². The minimum absolute atomic E-state index is 0.0256. The lowest BCUT2D eigenvalue weighted by Crippen LogP contribution is -2.37. The smallest absolute Gasteiger partial charge is 0.277 e. The van der Waals surface area contributed by atoms with Crippen LogP contribution in [0, 0.1) is 5.92 Å². The monoisotopic (exact) mass is 450 g/mol. The standard InChI is InChI=1S/C26H30N2O5/c1-4-31-22-13-16(14-23(32-5-2)24(22)33-6-3)25(29)27-17-11-12-19-18-9-7-8-10-20(18)26(30)28-21(19)15-17/h11-15,19H,4-10H2,1-3H3,(H,28,30). The fourth-order valence-electron chi connectivity index (χ4n) is 4.51. The number of allylic oxidation sites excluding steroid dienone is 3. The Morgan fingerprint density at radius 3 is 2.36 bits per heavy atom. The molecule has 3 aliphatic rings. The highest BCUT2D eigenvalue weighted by Gasteiger charge is 2.33. The van der Waals surface area contributed by atoms with E-state index in [2.05, 4.69) is 10.3 Å². The van der Waals surface area contributed by atoms with Gasteiger partial charge in [0.1, 0.15) is 0 Å². The van der Waals surface area contributed by atoms with Gasteiger partial charge in [-0.05, 0) is 76.3 Å². The number of ether oxygens (including phenoxy) is 3. The second-order valence-electron chi connectivity index (χ2n) is 8.04. The summed E-state index contributed by atoms with van der Waals surface area (Å²) in [6.07, 6.45) is 9.60. The van der Waals surface area contributed by atoms with Crippen LogP contribution in [0.1, 0.15) is 56.8 Å². The third-order valence-corrected chi connectivity index (χ3v) is 5.90. The molecule has 0 fully saturated rings. The molecular formula is C26H30N2O5. The molecule has 0 saturated carbocycles. The molecule has 174 valence electrons. The van der Waals surface area contributed by atoms with Crippen LogP contribution in [0.3, 0.4) is 0 Å². The van der Waals surface area contributed by atoms with Crippen LogP contribution in [0.5, 0.6) is 17.2 Å². The molecule has 7 heteroatoms. The summed E-state index contributed by atoms with van der Waals surface area (Å²) in [5.74, 6) is 0.989. The molecule has 0 aromatic heterocycles. The molecule has 2 aliphatic carbocycles. The van der Waals surface area contributed by atoms with Crippen LogP contribution in [0.25, 0.3) is 0 Å². The maximum absolute atomic E-state index is 13.0. The molecule has 1 atom stereocenters. The highest BCUT2D eigenvalue weighted by atomic mass is 16.5. The summed E-state index contributed by atoms with van der Waals surface area (Å²) in [6, 6.07) is 3.26. The fourth-order valence-corrected chi connectivity index (χ4v) is 4.51. The summed E-state index contributed by atoms with van der Waals surface area (Å²) in [7, 11) is 0. The summed E-state index contributed by atoms with van der Waals surface area (Å²) in [5.41, 5.74) is 3.75. The van der Waals surface area contributed by atoms with Gasteiger partial charge in [-0.1, -0.05) is 6.08 Å². The molecule has 2 amide bonds. The van der Waals surface area contributed by atoms with E-state index in [1.165, 1.54) is 5.57 Å². The van der Waals surface area contributed by atoms with Gasteiger partial charge in [-0.15, -0.1) is 0 Å². The van der Waals surface area contributed by atoms with Crippen molar-refractivity contribution in [3.63, 3.8) is 0 Å². The van der Waals surface area contributed by atoms with Gasteiger partial charge in [-0.2, -0.15) is 0 Å². The number of hydrogen-bond acceptors (Lipinski definition) is 5. The first-order valence-electron chi connectivity index (χ1n) is 11.7. The van der Waals surface area contributed by atoms with Crippen molar-refractivity contribution < 1.29 is 23.8 Å². The molecule has 1 aromatic carbocycles. The van der Waals surface area contributed by atoms with E-state index < -0.39 is 5.91 Å². The predicted octanol–water partition coefficient (Wildman–Crippen LogP) is 4.53. The van der Waals surface area contributed by atoms with Gasteiger partial charge >= 0.3 is 0 Å². The van der Waals surface area contributed by atoms with E-state index in [4.69, 9.17) is 14.2 Å². The van der Waals surface area contributed by atoms with Gasteiger partial charge in [0.05, 0.1) is 25.5 Å². The van der Waals surface area contributed by atoms with Crippen LogP contribution in [0.2, 0.25) is 0 Å². The zero-order chi connectivity index (χ0) is 23.4. The Balaban J connectivity index is 1.64. The second-order valence-corrected chi connectivity index (χ2v) is 8.04. The van der Waals surface area contributed by atoms with E-state index in [0.29, 0.717) is 48.3 Å². The first-order valence-corrected chi connectivity index (χ1v) is 11.7. The summed E-state index contributed by atoms with van der Waals surface area (Å²) in [5, 5.41) is 3.00. The molecular weight excluding hydrogens is 420 g/mol. The highest BCUT2D eigenvalue weighted by Crippen LogP contribution is 2.40. The van der Waals surface area contributed by atoms with Gasteiger partial charge in [-0.25, -0.2) is 4.99 Å². The Hall–Kier alpha value is -3.35. The Morgan fingerprint density at radius 1 is 1.03 bits per heavy atom. The third-order valence-electron chi connectivity index (χ3n) is 5.90. The van der Waals surface area contributed by atoms with Crippen LogP contribution in [-0.4, -0.2) is 37.3 Å². The van der Waals surface area contributed by atoms with E-state index >= 15 is 0 Å². The lowest BCUT2D eigenvalue weighted by atomic mass is 9.77. The predicted molar refractivity (Wildman–Crippen MR) is 126 cm³/mol. The average Bonchev–Trinajstić information content (AvgIpc) is 2.81. The van der Waals surface area contributed by atoms with Gasteiger partial charge in [-0.3, -0.25) is 9.59 Å². The quantitative estimate of drug-likeness (QED) is 0.659. The molecule has 4 rings (SSSR count). The zero-order valence-corrected chi connectivity index (χ0v) is 19.4. The number of nitrogens with one attached hydrogen (secondary N) is 1. The number of aliphatic imine (C=N–C) groups is 1. The Labute approximate surface area is 194 Å². The van der Waals surface area contributed by atoms with Gasteiger partial charge in [0.25, 0.3) is 11.8 Å². The number of rotatable bonds is 7. The second kappa shape index (κ2) is 10.1. The molecule has 0 saturated heterocycles. The Kier molecular flexibility index (Phi) is 6.96. The van der Waals surface area contributed by atoms with Crippen LogP contribution >= 0.6 is 0 Å². The largest absolute Gasteiger partial charge is 0.490 e. The normalized spacial score (nSPS) is 20.6. The topological polar surface area (TPSA) is 86.2 Å². The van der Waals surface area contributed by atoms with Gasteiger partial charge < -0.3 is 19.5 Å². The van der Waals surface area contributed by atoms with E-state index in [0.717, 1.165) is 37.0 Å². The Morgan fingerprint density at radius 2 is 1.70 bits per heavy atom. The summed E-state index contributed by atoms with van der Waals surface area (Å²) < 4.78 is 17.1. The Bertz CT molecular complexity index is 1050. The first-order chi connectivity index (χ1) is 16.0. The minimum atomic E-state index is -0.422. The van der Waals surface area contributed by atoms with Crippen LogP contribution in [0.15, 0.2) is 52.2 Å². The summed E-state index contributed by atoms with van der Waals surface area (Å²) in [4.78, 5) is 29.9. The molecule has 33 heavy (non-hydrogen) atoms. The van der Waals surface area contributed by atoms with Gasteiger partial charge in [0, 0.05) is 22.8 Å². The van der Waals surface area contributed by atoms with Gasteiger partial charge in [0.2, 0.25) is 5.75 Å². The number of amides is 2.